The average molecular weight is 571 g/mol. The van der Waals surface area contributed by atoms with Crippen molar-refractivity contribution in [3.8, 4) is 5.75 Å². The number of amides is 5. The molecule has 0 unspecified atom stereocenters. The Bertz CT molecular complexity index is 1220. The Morgan fingerprint density at radius 3 is 2.59 bits per heavy atom. The van der Waals surface area contributed by atoms with Crippen LogP contribution in [0.2, 0.25) is 0 Å². The summed E-state index contributed by atoms with van der Waals surface area (Å²) in [5, 5.41) is 22.6. The molecule has 4 rings (SSSR count). The van der Waals surface area contributed by atoms with Crippen LogP contribution >= 0.6 is 0 Å². The second kappa shape index (κ2) is 13.2. The number of likely N-dealkylation sites (N-methyl/N-ethyl adjacent to an activating group) is 1. The molecule has 0 bridgehead atoms. The summed E-state index contributed by atoms with van der Waals surface area (Å²) in [6, 6.07) is 3.99. The van der Waals surface area contributed by atoms with E-state index in [2.05, 4.69) is 21.1 Å². The van der Waals surface area contributed by atoms with Crippen LogP contribution in [0.4, 0.5) is 21.0 Å². The van der Waals surface area contributed by atoms with Crippen LogP contribution in [0.15, 0.2) is 22.7 Å². The zero-order valence-electron chi connectivity index (χ0n) is 24.5. The fraction of sp³-hybridized carbons (Fsp3) is 0.586. The summed E-state index contributed by atoms with van der Waals surface area (Å²) in [4.78, 5) is 42.9. The van der Waals surface area contributed by atoms with Crippen molar-refractivity contribution in [1.29, 1.82) is 0 Å². The van der Waals surface area contributed by atoms with Gasteiger partial charge in [0.1, 0.15) is 17.5 Å². The van der Waals surface area contributed by atoms with E-state index < -0.39 is 12.1 Å². The molecule has 1 aliphatic heterocycles. The maximum Gasteiger partial charge on any atom is 0.321 e. The fourth-order valence-corrected chi connectivity index (χ4v) is 5.37. The lowest BCUT2D eigenvalue weighted by Gasteiger charge is -2.38. The second-order valence-electron chi connectivity index (χ2n) is 11.2. The van der Waals surface area contributed by atoms with Crippen molar-refractivity contribution in [2.45, 2.75) is 78.0 Å². The number of aliphatic hydroxyl groups excluding tert-OH is 1. The van der Waals surface area contributed by atoms with Gasteiger partial charge in [-0.3, -0.25) is 4.79 Å². The number of para-hydroxylation sites is 1. The van der Waals surface area contributed by atoms with Crippen LogP contribution in [0.25, 0.3) is 0 Å². The lowest BCUT2D eigenvalue weighted by molar-refractivity contribution is 0.0373. The number of benzene rings is 1. The molecule has 1 aromatic carbocycles. The minimum absolute atomic E-state index is 0.107. The second-order valence-corrected chi connectivity index (χ2v) is 11.2. The van der Waals surface area contributed by atoms with Crippen molar-refractivity contribution in [2.75, 3.05) is 37.4 Å². The summed E-state index contributed by atoms with van der Waals surface area (Å²) >= 11 is 0. The first-order chi connectivity index (χ1) is 19.6. The number of hydrogen-bond acceptors (Lipinski definition) is 7. The van der Waals surface area contributed by atoms with E-state index in [-0.39, 0.29) is 54.4 Å². The van der Waals surface area contributed by atoms with Crippen molar-refractivity contribution >= 4 is 29.3 Å². The standard InChI is InChI=1S/C29H42N6O6/c1-17-14-35(18(2)16-36)27(37)22-12-9-13-23(31-28(38)30-21-10-7-6-8-11-21)26(22)40-24(17)15-34(5)29(39)32-25-19(3)33-41-20(25)4/h9,12-13,17-18,21,24,36H,6-8,10-11,14-16H2,1-5H3,(H,32,39)(H2,30,31,38)/t17-,18+,24-/m0/s1. The zero-order chi connectivity index (χ0) is 29.7. The molecule has 12 nitrogen and oxygen atoms in total. The Balaban J connectivity index is 1.60. The van der Waals surface area contributed by atoms with Crippen molar-refractivity contribution in [2.24, 2.45) is 5.92 Å². The SMILES string of the molecule is Cc1noc(C)c1NC(=O)N(C)C[C@@H]1Oc2c(NC(=O)NC3CCCCC3)cccc2C(=O)N([C@H](C)CO)C[C@@H]1C. The van der Waals surface area contributed by atoms with E-state index in [4.69, 9.17) is 9.26 Å². The summed E-state index contributed by atoms with van der Waals surface area (Å²) < 4.78 is 11.7. The summed E-state index contributed by atoms with van der Waals surface area (Å²) in [5.41, 5.74) is 1.73. The van der Waals surface area contributed by atoms with Gasteiger partial charge in [0.15, 0.2) is 11.5 Å². The Kier molecular flexibility index (Phi) is 9.74. The van der Waals surface area contributed by atoms with Crippen molar-refractivity contribution in [3.63, 3.8) is 0 Å². The largest absolute Gasteiger partial charge is 0.485 e. The topological polar surface area (TPSA) is 149 Å². The minimum atomic E-state index is -0.542. The Hall–Kier alpha value is -3.80. The summed E-state index contributed by atoms with van der Waals surface area (Å²) in [6.45, 7) is 7.48. The van der Waals surface area contributed by atoms with Crippen LogP contribution in [-0.2, 0) is 0 Å². The Morgan fingerprint density at radius 2 is 1.93 bits per heavy atom. The smallest absolute Gasteiger partial charge is 0.321 e. The number of aliphatic hydroxyl groups is 1. The van der Waals surface area contributed by atoms with Gasteiger partial charge in [-0.05, 0) is 45.7 Å². The van der Waals surface area contributed by atoms with E-state index in [1.807, 2.05) is 6.92 Å². The third-order valence-electron chi connectivity index (χ3n) is 7.95. The molecule has 3 atom stereocenters. The van der Waals surface area contributed by atoms with Crippen molar-refractivity contribution in [1.82, 2.24) is 20.3 Å². The summed E-state index contributed by atoms with van der Waals surface area (Å²) in [7, 11) is 1.66. The molecule has 0 spiro atoms. The van der Waals surface area contributed by atoms with E-state index in [0.29, 0.717) is 29.4 Å². The van der Waals surface area contributed by atoms with Crippen LogP contribution in [0.5, 0.6) is 5.75 Å². The lowest BCUT2D eigenvalue weighted by Crippen LogP contribution is -2.50. The zero-order valence-corrected chi connectivity index (χ0v) is 24.5. The number of carbonyl (C=O) groups is 3. The quantitative estimate of drug-likeness (QED) is 0.391. The van der Waals surface area contributed by atoms with Gasteiger partial charge >= 0.3 is 12.1 Å². The molecule has 4 N–H and O–H groups in total. The first-order valence-electron chi connectivity index (χ1n) is 14.3. The molecule has 1 aliphatic carbocycles. The van der Waals surface area contributed by atoms with E-state index in [1.165, 1.54) is 11.3 Å². The van der Waals surface area contributed by atoms with E-state index in [1.54, 1.807) is 50.9 Å². The van der Waals surface area contributed by atoms with Gasteiger partial charge in [0.2, 0.25) is 0 Å². The molecular weight excluding hydrogens is 528 g/mol. The fourth-order valence-electron chi connectivity index (χ4n) is 5.37. The summed E-state index contributed by atoms with van der Waals surface area (Å²) in [6.07, 6.45) is 4.67. The Morgan fingerprint density at radius 1 is 1.20 bits per heavy atom. The highest BCUT2D eigenvalue weighted by atomic mass is 16.5. The number of urea groups is 2. The van der Waals surface area contributed by atoms with Crippen LogP contribution < -0.4 is 20.7 Å². The molecule has 2 aromatic rings. The van der Waals surface area contributed by atoms with Gasteiger partial charge in [-0.15, -0.1) is 0 Å². The normalized spacial score (nSPS) is 20.2. The molecule has 41 heavy (non-hydrogen) atoms. The maximum absolute atomic E-state index is 13.7. The third-order valence-corrected chi connectivity index (χ3v) is 7.95. The number of nitrogens with zero attached hydrogens (tertiary/aromatic N) is 3. The minimum Gasteiger partial charge on any atom is -0.485 e. The predicted octanol–water partition coefficient (Wildman–Crippen LogP) is 4.13. The molecule has 0 saturated heterocycles. The van der Waals surface area contributed by atoms with Crippen LogP contribution in [-0.4, -0.2) is 83.0 Å². The first-order valence-corrected chi connectivity index (χ1v) is 14.3. The summed E-state index contributed by atoms with van der Waals surface area (Å²) in [5.74, 6) is 0.220. The molecule has 5 amide bonds. The molecule has 0 radical (unpaired) electrons. The molecule has 1 fully saturated rings. The van der Waals surface area contributed by atoms with Gasteiger partial charge in [0.05, 0.1) is 30.4 Å². The van der Waals surface area contributed by atoms with Gasteiger partial charge in [-0.1, -0.05) is 37.4 Å². The average Bonchev–Trinajstić information content (AvgIpc) is 3.27. The van der Waals surface area contributed by atoms with Crippen LogP contribution in [0.1, 0.15) is 67.8 Å². The number of anilines is 2. The number of ether oxygens (including phenoxy) is 1. The van der Waals surface area contributed by atoms with Crippen LogP contribution in [0.3, 0.4) is 0 Å². The molecule has 224 valence electrons. The number of fused-ring (bicyclic) bond motifs is 1. The molecule has 1 aromatic heterocycles. The third kappa shape index (κ3) is 7.10. The number of hydrogen-bond donors (Lipinski definition) is 4. The number of aryl methyl sites for hydroxylation is 2. The number of nitrogens with one attached hydrogen (secondary N) is 3. The molecule has 2 heterocycles. The lowest BCUT2D eigenvalue weighted by atomic mass is 9.96. The highest BCUT2D eigenvalue weighted by Gasteiger charge is 2.35. The molecule has 1 saturated carbocycles. The highest BCUT2D eigenvalue weighted by molar-refractivity contribution is 6.01. The van der Waals surface area contributed by atoms with Crippen molar-refractivity contribution < 1.29 is 28.8 Å². The van der Waals surface area contributed by atoms with E-state index in [9.17, 15) is 19.5 Å². The maximum atomic E-state index is 13.7. The molecular formula is C29H42N6O6. The van der Waals surface area contributed by atoms with Gasteiger partial charge < -0.3 is 40.1 Å². The van der Waals surface area contributed by atoms with Gasteiger partial charge in [0.25, 0.3) is 5.91 Å². The van der Waals surface area contributed by atoms with Gasteiger partial charge in [-0.2, -0.15) is 0 Å². The van der Waals surface area contributed by atoms with Gasteiger partial charge in [0, 0.05) is 25.6 Å². The van der Waals surface area contributed by atoms with Crippen molar-refractivity contribution in [3.05, 3.63) is 35.2 Å². The Labute approximate surface area is 240 Å². The monoisotopic (exact) mass is 570 g/mol. The molecule has 12 heteroatoms. The van der Waals surface area contributed by atoms with E-state index >= 15 is 0 Å². The molecule has 2 aliphatic rings. The predicted molar refractivity (Wildman–Crippen MR) is 154 cm³/mol. The first kappa shape index (κ1) is 30.2. The van der Waals surface area contributed by atoms with Crippen LogP contribution in [0, 0.1) is 19.8 Å². The van der Waals surface area contributed by atoms with Gasteiger partial charge in [-0.25, -0.2) is 9.59 Å². The number of carbonyl (C=O) groups excluding carboxylic acids is 3. The number of aromatic nitrogens is 1. The highest BCUT2D eigenvalue weighted by Crippen LogP contribution is 2.35. The van der Waals surface area contributed by atoms with E-state index in [0.717, 1.165) is 25.7 Å². The number of rotatable bonds is 7.